The second-order valence-corrected chi connectivity index (χ2v) is 6.46. The van der Waals surface area contributed by atoms with Gasteiger partial charge >= 0.3 is 0 Å². The van der Waals surface area contributed by atoms with Crippen LogP contribution in [0.5, 0.6) is 5.75 Å². The minimum absolute atomic E-state index is 0.232. The van der Waals surface area contributed by atoms with Gasteiger partial charge in [-0.3, -0.25) is 9.59 Å². The van der Waals surface area contributed by atoms with Crippen LogP contribution in [0.15, 0.2) is 78.9 Å². The Morgan fingerprint density at radius 2 is 1.72 bits per heavy atom. The fourth-order valence-electron chi connectivity index (χ4n) is 2.68. The Balaban J connectivity index is 1.55. The summed E-state index contributed by atoms with van der Waals surface area (Å²) < 4.78 is 18.9. The average Bonchev–Trinajstić information content (AvgIpc) is 2.73. The molecule has 0 heterocycles. The maximum absolute atomic E-state index is 13.3. The molecule has 0 saturated heterocycles. The molecule has 0 aliphatic rings. The van der Waals surface area contributed by atoms with Gasteiger partial charge in [-0.2, -0.15) is 0 Å². The van der Waals surface area contributed by atoms with E-state index < -0.39 is 17.8 Å². The third-order valence-corrected chi connectivity index (χ3v) is 4.16. The molecule has 2 N–H and O–H groups in total. The number of para-hydroxylation sites is 1. The fraction of sp³-hybridized carbons (Fsp3) is 0.130. The fourth-order valence-corrected chi connectivity index (χ4v) is 2.68. The van der Waals surface area contributed by atoms with Crippen LogP contribution in [-0.4, -0.2) is 17.9 Å². The number of amides is 2. The zero-order valence-corrected chi connectivity index (χ0v) is 15.9. The van der Waals surface area contributed by atoms with Crippen LogP contribution in [0.4, 0.5) is 10.1 Å². The van der Waals surface area contributed by atoms with Gasteiger partial charge < -0.3 is 15.4 Å². The Labute approximate surface area is 168 Å². The minimum atomic E-state index is -0.645. The molecule has 0 aliphatic carbocycles. The summed E-state index contributed by atoms with van der Waals surface area (Å²) in [5.41, 5.74) is 1.59. The van der Waals surface area contributed by atoms with E-state index in [0.717, 1.165) is 5.56 Å². The summed E-state index contributed by atoms with van der Waals surface area (Å²) in [4.78, 5) is 24.5. The molecule has 29 heavy (non-hydrogen) atoms. The molecule has 3 aromatic rings. The van der Waals surface area contributed by atoms with Crippen molar-refractivity contribution in [2.24, 2.45) is 0 Å². The third kappa shape index (κ3) is 5.90. The molecular formula is C23H21FN2O3. The van der Waals surface area contributed by atoms with Gasteiger partial charge in [0.15, 0.2) is 6.10 Å². The lowest BCUT2D eigenvalue weighted by molar-refractivity contribution is -0.127. The van der Waals surface area contributed by atoms with Crippen molar-refractivity contribution in [1.29, 1.82) is 0 Å². The van der Waals surface area contributed by atoms with Crippen molar-refractivity contribution in [1.82, 2.24) is 5.32 Å². The summed E-state index contributed by atoms with van der Waals surface area (Å²) >= 11 is 0. The molecule has 0 saturated carbocycles. The van der Waals surface area contributed by atoms with Gasteiger partial charge in [0.2, 0.25) is 0 Å². The van der Waals surface area contributed by atoms with Gasteiger partial charge in [0, 0.05) is 17.8 Å². The average molecular weight is 392 g/mol. The van der Waals surface area contributed by atoms with E-state index in [2.05, 4.69) is 10.6 Å². The quantitative estimate of drug-likeness (QED) is 0.634. The number of carbonyl (C=O) groups is 2. The van der Waals surface area contributed by atoms with E-state index in [1.54, 1.807) is 37.3 Å². The molecule has 3 rings (SSSR count). The number of ether oxygens (including phenoxy) is 1. The van der Waals surface area contributed by atoms with Gasteiger partial charge in [0.05, 0.1) is 0 Å². The number of benzene rings is 3. The molecule has 0 spiro atoms. The first-order valence-electron chi connectivity index (χ1n) is 9.16. The van der Waals surface area contributed by atoms with E-state index in [4.69, 9.17) is 4.74 Å². The highest BCUT2D eigenvalue weighted by molar-refractivity contribution is 6.04. The molecule has 0 aliphatic heterocycles. The van der Waals surface area contributed by atoms with Crippen molar-refractivity contribution in [3.8, 4) is 5.75 Å². The number of hydrogen-bond donors (Lipinski definition) is 2. The van der Waals surface area contributed by atoms with Crippen molar-refractivity contribution in [2.75, 3.05) is 5.32 Å². The van der Waals surface area contributed by atoms with E-state index in [1.165, 1.54) is 24.3 Å². The predicted octanol–water partition coefficient (Wildman–Crippen LogP) is 4.16. The largest absolute Gasteiger partial charge is 0.481 e. The Kier molecular flexibility index (Phi) is 6.58. The summed E-state index contributed by atoms with van der Waals surface area (Å²) in [6, 6.07) is 21.7. The maximum Gasteiger partial charge on any atom is 0.261 e. The summed E-state index contributed by atoms with van der Waals surface area (Å²) in [7, 11) is 0. The van der Waals surface area contributed by atoms with Crippen LogP contribution in [0.2, 0.25) is 0 Å². The lowest BCUT2D eigenvalue weighted by Gasteiger charge is -2.15. The molecule has 148 valence electrons. The first-order chi connectivity index (χ1) is 14.0. The number of anilines is 1. The molecular weight excluding hydrogens is 371 g/mol. The van der Waals surface area contributed by atoms with Crippen LogP contribution in [0.1, 0.15) is 22.8 Å². The van der Waals surface area contributed by atoms with Gasteiger partial charge in [-0.25, -0.2) is 4.39 Å². The van der Waals surface area contributed by atoms with E-state index in [-0.39, 0.29) is 18.0 Å². The van der Waals surface area contributed by atoms with E-state index >= 15 is 0 Å². The number of hydrogen-bond acceptors (Lipinski definition) is 3. The van der Waals surface area contributed by atoms with Gasteiger partial charge in [-0.05, 0) is 55.0 Å². The van der Waals surface area contributed by atoms with Gasteiger partial charge in [0.25, 0.3) is 11.8 Å². The van der Waals surface area contributed by atoms with Crippen LogP contribution < -0.4 is 15.4 Å². The minimum Gasteiger partial charge on any atom is -0.481 e. The normalized spacial score (nSPS) is 11.4. The molecule has 0 aromatic heterocycles. The molecule has 5 nitrogen and oxygen atoms in total. The molecule has 2 amide bonds. The smallest absolute Gasteiger partial charge is 0.261 e. The van der Waals surface area contributed by atoms with Crippen LogP contribution in [0.3, 0.4) is 0 Å². The Hall–Kier alpha value is -3.67. The van der Waals surface area contributed by atoms with Crippen molar-refractivity contribution < 1.29 is 18.7 Å². The van der Waals surface area contributed by atoms with Crippen LogP contribution in [0.25, 0.3) is 0 Å². The summed E-state index contributed by atoms with van der Waals surface area (Å²) in [6.45, 7) is 1.96. The summed E-state index contributed by atoms with van der Waals surface area (Å²) in [5, 5.41) is 5.54. The second-order valence-electron chi connectivity index (χ2n) is 6.46. The van der Waals surface area contributed by atoms with E-state index in [0.29, 0.717) is 11.4 Å². The van der Waals surface area contributed by atoms with Gasteiger partial charge in [0.1, 0.15) is 11.6 Å². The topological polar surface area (TPSA) is 67.4 Å². The predicted molar refractivity (Wildman–Crippen MR) is 109 cm³/mol. The zero-order valence-electron chi connectivity index (χ0n) is 15.9. The number of carbonyl (C=O) groups excluding carboxylic acids is 2. The van der Waals surface area contributed by atoms with E-state index in [1.807, 2.05) is 24.3 Å². The second kappa shape index (κ2) is 9.50. The summed E-state index contributed by atoms with van der Waals surface area (Å²) in [5.74, 6) is -0.503. The van der Waals surface area contributed by atoms with Crippen LogP contribution >= 0.6 is 0 Å². The summed E-state index contributed by atoms with van der Waals surface area (Å²) in [6.07, 6.45) is -0.645. The number of rotatable bonds is 7. The Morgan fingerprint density at radius 3 is 2.48 bits per heavy atom. The highest BCUT2D eigenvalue weighted by Gasteiger charge is 2.14. The highest BCUT2D eigenvalue weighted by Crippen LogP contribution is 2.14. The monoisotopic (exact) mass is 392 g/mol. The van der Waals surface area contributed by atoms with Crippen LogP contribution in [-0.2, 0) is 11.3 Å². The van der Waals surface area contributed by atoms with Crippen LogP contribution in [0, 0.1) is 5.82 Å². The molecule has 6 heteroatoms. The first-order valence-corrected chi connectivity index (χ1v) is 9.16. The number of nitrogens with one attached hydrogen (secondary N) is 2. The molecule has 1 atom stereocenters. The molecule has 0 bridgehead atoms. The van der Waals surface area contributed by atoms with Gasteiger partial charge in [-0.1, -0.05) is 36.4 Å². The lowest BCUT2D eigenvalue weighted by Crippen LogP contribution is -2.35. The lowest BCUT2D eigenvalue weighted by atomic mass is 10.1. The van der Waals surface area contributed by atoms with Crippen molar-refractivity contribution >= 4 is 17.5 Å². The SMILES string of the molecule is C[C@@H](Oc1ccccc1)C(=O)NCc1cccc(NC(=O)c2cccc(F)c2)c1. The van der Waals surface area contributed by atoms with E-state index in [9.17, 15) is 14.0 Å². The van der Waals surface area contributed by atoms with Gasteiger partial charge in [-0.15, -0.1) is 0 Å². The highest BCUT2D eigenvalue weighted by atomic mass is 19.1. The molecule has 0 fully saturated rings. The standard InChI is InChI=1S/C23H21FN2O3/c1-16(29-21-11-3-2-4-12-21)22(27)25-15-17-7-5-10-20(13-17)26-23(28)18-8-6-9-19(24)14-18/h2-14,16H,15H2,1H3,(H,25,27)(H,26,28)/t16-/m1/s1. The zero-order chi connectivity index (χ0) is 20.6. The Morgan fingerprint density at radius 1 is 0.966 bits per heavy atom. The molecule has 3 aromatic carbocycles. The third-order valence-electron chi connectivity index (χ3n) is 4.16. The van der Waals surface area contributed by atoms with Crippen molar-refractivity contribution in [3.05, 3.63) is 95.8 Å². The first kappa shape index (κ1) is 20.1. The van der Waals surface area contributed by atoms with Crippen molar-refractivity contribution in [2.45, 2.75) is 19.6 Å². The molecule has 0 radical (unpaired) electrons. The maximum atomic E-state index is 13.3. The molecule has 0 unspecified atom stereocenters. The Bertz CT molecular complexity index is 992. The van der Waals surface area contributed by atoms with Crippen molar-refractivity contribution in [3.63, 3.8) is 0 Å². The number of halogens is 1.